The first kappa shape index (κ1) is 38.1. The molecule has 0 aromatic rings. The van der Waals surface area contributed by atoms with Crippen LogP contribution in [-0.2, 0) is 23.7 Å². The number of esters is 1. The lowest BCUT2D eigenvalue weighted by molar-refractivity contribution is -0.251. The fraction of sp³-hybridized carbons (Fsp3) is 0.977. The Kier molecular flexibility index (Phi) is 9.64. The summed E-state index contributed by atoms with van der Waals surface area (Å²) in [6.45, 7) is 19.8. The Morgan fingerprint density at radius 2 is 1.60 bits per heavy atom. The van der Waals surface area contributed by atoms with E-state index in [4.69, 9.17) is 18.9 Å². The van der Waals surface area contributed by atoms with E-state index < -0.39 is 29.9 Å². The van der Waals surface area contributed by atoms with E-state index in [1.807, 2.05) is 0 Å². The number of hydrogen-bond acceptors (Lipinski definition) is 8. The molecule has 0 radical (unpaired) electrons. The third kappa shape index (κ3) is 5.58. The molecule has 14 unspecified atom stereocenters. The molecule has 6 saturated carbocycles. The summed E-state index contributed by atoms with van der Waals surface area (Å²) in [5, 5.41) is 23.7. The number of hydrogen-bond donors (Lipinski definition) is 2. The zero-order valence-corrected chi connectivity index (χ0v) is 34.0. The quantitative estimate of drug-likeness (QED) is 0.270. The Morgan fingerprint density at radius 3 is 2.29 bits per heavy atom. The zero-order valence-electron chi connectivity index (χ0n) is 34.0. The molecule has 8 aliphatic rings. The lowest BCUT2D eigenvalue weighted by Gasteiger charge is -2.64. The van der Waals surface area contributed by atoms with E-state index in [1.54, 1.807) is 13.8 Å². The van der Waals surface area contributed by atoms with Gasteiger partial charge in [0.15, 0.2) is 12.4 Å². The van der Waals surface area contributed by atoms with Crippen molar-refractivity contribution in [2.45, 2.75) is 200 Å². The Morgan fingerprint density at radius 1 is 0.923 bits per heavy atom. The van der Waals surface area contributed by atoms with E-state index in [9.17, 15) is 15.0 Å². The largest absolute Gasteiger partial charge is 0.457 e. The fourth-order valence-corrected chi connectivity index (χ4v) is 15.6. The SMILES string of the molecule is CC(=O)OC(C1CC(C)C2C(O1)C(O)C1(C)C3CCC4C(C)(C)C(OC5CN(C6CCCCCCC6)CCO5)CCC45CC35CCC21C)C(C)(C)O. The van der Waals surface area contributed by atoms with Crippen molar-refractivity contribution in [1.82, 2.24) is 4.90 Å². The Hall–Kier alpha value is -0.770. The van der Waals surface area contributed by atoms with E-state index in [0.29, 0.717) is 29.7 Å². The highest BCUT2D eigenvalue weighted by molar-refractivity contribution is 5.66. The highest BCUT2D eigenvalue weighted by atomic mass is 16.7. The third-order valence-corrected chi connectivity index (χ3v) is 18.1. The van der Waals surface area contributed by atoms with Crippen LogP contribution in [-0.4, -0.2) is 89.2 Å². The second-order valence-corrected chi connectivity index (χ2v) is 21.2. The molecule has 52 heavy (non-hydrogen) atoms. The van der Waals surface area contributed by atoms with Gasteiger partial charge in [-0.25, -0.2) is 0 Å². The predicted octanol–water partition coefficient (Wildman–Crippen LogP) is 7.66. The van der Waals surface area contributed by atoms with Crippen molar-refractivity contribution in [3.8, 4) is 0 Å². The van der Waals surface area contributed by atoms with Gasteiger partial charge in [0, 0.05) is 31.5 Å². The molecule has 0 amide bonds. The summed E-state index contributed by atoms with van der Waals surface area (Å²) in [4.78, 5) is 14.8. The van der Waals surface area contributed by atoms with E-state index in [-0.39, 0.29) is 52.0 Å². The van der Waals surface area contributed by atoms with Crippen LogP contribution in [0.15, 0.2) is 0 Å². The van der Waals surface area contributed by atoms with Gasteiger partial charge in [-0.1, -0.05) is 66.7 Å². The van der Waals surface area contributed by atoms with Gasteiger partial charge in [-0.3, -0.25) is 9.69 Å². The fourth-order valence-electron chi connectivity index (χ4n) is 15.6. The second kappa shape index (κ2) is 13.1. The summed E-state index contributed by atoms with van der Waals surface area (Å²) in [6, 6.07) is 0.684. The lowest BCUT2D eigenvalue weighted by Crippen LogP contribution is -2.60. The highest BCUT2D eigenvalue weighted by Gasteiger charge is 2.84. The van der Waals surface area contributed by atoms with Gasteiger partial charge in [0.25, 0.3) is 0 Å². The number of aliphatic hydroxyl groups is 2. The van der Waals surface area contributed by atoms with Gasteiger partial charge in [0.1, 0.15) is 0 Å². The van der Waals surface area contributed by atoms with Gasteiger partial charge >= 0.3 is 5.97 Å². The van der Waals surface area contributed by atoms with Gasteiger partial charge in [0.05, 0.1) is 36.6 Å². The molecule has 6 aliphatic carbocycles. The average Bonchev–Trinajstić information content (AvgIpc) is 3.69. The minimum Gasteiger partial charge on any atom is -0.457 e. The first-order valence-electron chi connectivity index (χ1n) is 21.7. The Balaban J connectivity index is 0.993. The van der Waals surface area contributed by atoms with Crippen LogP contribution in [0.25, 0.3) is 0 Å². The summed E-state index contributed by atoms with van der Waals surface area (Å²) in [6.07, 6.45) is 16.5. The third-order valence-electron chi connectivity index (χ3n) is 18.1. The van der Waals surface area contributed by atoms with Crippen molar-refractivity contribution in [3.63, 3.8) is 0 Å². The maximum Gasteiger partial charge on any atom is 0.303 e. The van der Waals surface area contributed by atoms with Crippen molar-refractivity contribution in [2.75, 3.05) is 19.7 Å². The van der Waals surface area contributed by atoms with Crippen molar-refractivity contribution in [1.29, 1.82) is 0 Å². The summed E-state index contributed by atoms with van der Waals surface area (Å²) < 4.78 is 26.1. The predicted molar refractivity (Wildman–Crippen MR) is 200 cm³/mol. The van der Waals surface area contributed by atoms with Crippen LogP contribution >= 0.6 is 0 Å². The molecule has 8 nitrogen and oxygen atoms in total. The molecule has 2 heterocycles. The van der Waals surface area contributed by atoms with Gasteiger partial charge < -0.3 is 29.2 Å². The summed E-state index contributed by atoms with van der Waals surface area (Å²) in [5.74, 6) is 1.16. The number of rotatable bonds is 6. The minimum absolute atomic E-state index is 0.0455. The van der Waals surface area contributed by atoms with E-state index >= 15 is 0 Å². The monoisotopic (exact) mass is 728 g/mol. The molecule has 2 N–H and O–H groups in total. The molecule has 0 aromatic heterocycles. The van der Waals surface area contributed by atoms with Gasteiger partial charge in [0.2, 0.25) is 0 Å². The number of ether oxygens (including phenoxy) is 4. The van der Waals surface area contributed by atoms with Gasteiger partial charge in [-0.15, -0.1) is 0 Å². The number of aliphatic hydroxyl groups excluding tert-OH is 1. The zero-order chi connectivity index (χ0) is 37.1. The van der Waals surface area contributed by atoms with Crippen molar-refractivity contribution in [2.24, 2.45) is 50.7 Å². The first-order chi connectivity index (χ1) is 24.5. The topological polar surface area (TPSA) is 97.7 Å². The van der Waals surface area contributed by atoms with E-state index in [1.165, 1.54) is 77.6 Å². The number of fused-ring (bicyclic) bond motifs is 4. The molecule has 2 spiro atoms. The smallest absolute Gasteiger partial charge is 0.303 e. The maximum atomic E-state index is 12.7. The van der Waals surface area contributed by atoms with Crippen LogP contribution in [0.3, 0.4) is 0 Å². The molecule has 296 valence electrons. The first-order valence-corrected chi connectivity index (χ1v) is 21.7. The molecular weight excluding hydrogens is 654 g/mol. The molecule has 8 fully saturated rings. The highest BCUT2D eigenvalue weighted by Crippen LogP contribution is 2.89. The minimum atomic E-state index is -1.25. The molecule has 2 aliphatic heterocycles. The number of morpholine rings is 1. The molecule has 2 saturated heterocycles. The standard InChI is InChI=1S/C44H73NO7/c1-27-24-30(38(40(5,6)48)50-28(2)46)51-36-35(27)41(7)20-21-44-26-43(44)19-18-33(39(3,4)31(43)16-17-32(44)42(41,8)37(36)47)52-34-25-45(22-23-49-34)29-14-12-10-9-11-13-15-29/h27,29-38,47-48H,9-26H2,1-8H3. The summed E-state index contributed by atoms with van der Waals surface area (Å²) in [5.41, 5.74) is -0.898. The average molecular weight is 728 g/mol. The summed E-state index contributed by atoms with van der Waals surface area (Å²) >= 11 is 0. The van der Waals surface area contributed by atoms with Crippen molar-refractivity contribution < 1.29 is 34.0 Å². The molecule has 0 bridgehead atoms. The Bertz CT molecular complexity index is 1340. The number of carbonyl (C=O) groups excluding carboxylic acids is 1. The maximum absolute atomic E-state index is 12.7. The number of carbonyl (C=O) groups is 1. The van der Waals surface area contributed by atoms with Crippen LogP contribution in [0.2, 0.25) is 0 Å². The van der Waals surface area contributed by atoms with Crippen LogP contribution in [0.4, 0.5) is 0 Å². The lowest BCUT2D eigenvalue weighted by atomic mass is 9.41. The van der Waals surface area contributed by atoms with E-state index in [0.717, 1.165) is 39.0 Å². The van der Waals surface area contributed by atoms with Gasteiger partial charge in [-0.2, -0.15) is 0 Å². The summed E-state index contributed by atoms with van der Waals surface area (Å²) in [7, 11) is 0. The van der Waals surface area contributed by atoms with E-state index in [2.05, 4.69) is 39.5 Å². The Labute approximate surface area is 314 Å². The van der Waals surface area contributed by atoms with Crippen molar-refractivity contribution in [3.05, 3.63) is 0 Å². The van der Waals surface area contributed by atoms with Crippen LogP contribution in [0, 0.1) is 50.7 Å². The molecule has 8 heteroatoms. The number of nitrogens with zero attached hydrogens (tertiary/aromatic N) is 1. The molecule has 0 aromatic carbocycles. The van der Waals surface area contributed by atoms with Crippen LogP contribution in [0.5, 0.6) is 0 Å². The molecular formula is C44H73NO7. The molecule has 8 rings (SSSR count). The normalized spacial score (nSPS) is 49.9. The van der Waals surface area contributed by atoms with Gasteiger partial charge in [-0.05, 0) is 123 Å². The molecule has 14 atom stereocenters. The van der Waals surface area contributed by atoms with Crippen LogP contribution < -0.4 is 0 Å². The second-order valence-electron chi connectivity index (χ2n) is 21.2. The van der Waals surface area contributed by atoms with Crippen molar-refractivity contribution >= 4 is 5.97 Å². The van der Waals surface area contributed by atoms with Crippen LogP contribution in [0.1, 0.15) is 152 Å².